The van der Waals surface area contributed by atoms with Crippen molar-refractivity contribution >= 4 is 23.1 Å². The van der Waals surface area contributed by atoms with Crippen LogP contribution in [-0.4, -0.2) is 24.9 Å². The van der Waals surface area contributed by atoms with Gasteiger partial charge in [-0.2, -0.15) is 4.98 Å². The average Bonchev–Trinajstić information content (AvgIpc) is 3.41. The second kappa shape index (κ2) is 7.61. The molecule has 138 valence electrons. The van der Waals surface area contributed by atoms with E-state index in [1.807, 2.05) is 24.4 Å². The highest BCUT2D eigenvalue weighted by Gasteiger charge is 2.17. The maximum absolute atomic E-state index is 14.0. The highest BCUT2D eigenvalue weighted by atomic mass is 32.2. The van der Waals surface area contributed by atoms with Gasteiger partial charge in [-0.05, 0) is 37.4 Å². The predicted molar refractivity (Wildman–Crippen MR) is 103 cm³/mol. The van der Waals surface area contributed by atoms with Gasteiger partial charge in [-0.25, -0.2) is 4.39 Å². The molecule has 0 aliphatic heterocycles. The van der Waals surface area contributed by atoms with E-state index in [1.165, 1.54) is 17.8 Å². The number of halogens is 1. The summed E-state index contributed by atoms with van der Waals surface area (Å²) in [4.78, 5) is 5.39. The lowest BCUT2D eigenvalue weighted by atomic mass is 10.1. The van der Waals surface area contributed by atoms with Crippen molar-refractivity contribution in [3.63, 3.8) is 0 Å². The van der Waals surface area contributed by atoms with Crippen LogP contribution >= 0.6 is 23.1 Å². The Kier molecular flexibility index (Phi) is 5.04. The number of thioether (sulfide) groups is 1. The molecule has 27 heavy (non-hydrogen) atoms. The van der Waals surface area contributed by atoms with E-state index in [2.05, 4.69) is 31.8 Å². The normalized spacial score (nSPS) is 11.2. The number of rotatable bonds is 6. The number of aryl methyl sites for hydroxylation is 1. The van der Waals surface area contributed by atoms with Gasteiger partial charge in [0.15, 0.2) is 16.8 Å². The van der Waals surface area contributed by atoms with Crippen molar-refractivity contribution in [1.29, 1.82) is 0 Å². The minimum atomic E-state index is -0.380. The van der Waals surface area contributed by atoms with Crippen molar-refractivity contribution < 1.29 is 8.91 Å². The molecule has 3 heterocycles. The first kappa shape index (κ1) is 17.9. The van der Waals surface area contributed by atoms with Gasteiger partial charge < -0.3 is 9.09 Å². The topological polar surface area (TPSA) is 69.6 Å². The van der Waals surface area contributed by atoms with Crippen LogP contribution in [0.4, 0.5) is 4.39 Å². The van der Waals surface area contributed by atoms with E-state index in [0.29, 0.717) is 17.1 Å². The molecule has 0 saturated heterocycles. The van der Waals surface area contributed by atoms with Gasteiger partial charge in [0, 0.05) is 6.54 Å². The maximum atomic E-state index is 14.0. The molecule has 0 bridgehead atoms. The third-order valence-electron chi connectivity index (χ3n) is 3.93. The standard InChI is InChI=1S/C18H16FN5OS2/c1-3-24-16(14-5-4-8-26-14)21-22-18(24)27-10-15-20-17(25-23-15)12-9-11(2)6-7-13(12)19/h4-9H,3,10H2,1-2H3. The molecule has 0 atom stereocenters. The Morgan fingerprint density at radius 3 is 2.93 bits per heavy atom. The minimum Gasteiger partial charge on any atom is -0.334 e. The number of thiophene rings is 1. The lowest BCUT2D eigenvalue weighted by Crippen LogP contribution is -1.99. The number of hydrogen-bond acceptors (Lipinski definition) is 7. The van der Waals surface area contributed by atoms with E-state index in [0.717, 1.165) is 28.0 Å². The molecule has 9 heteroatoms. The summed E-state index contributed by atoms with van der Waals surface area (Å²) in [6.45, 7) is 4.70. The molecule has 1 aromatic carbocycles. The minimum absolute atomic E-state index is 0.183. The van der Waals surface area contributed by atoms with Crippen LogP contribution in [0.25, 0.3) is 22.2 Å². The fourth-order valence-electron chi connectivity index (χ4n) is 2.62. The lowest BCUT2D eigenvalue weighted by molar-refractivity contribution is 0.422. The van der Waals surface area contributed by atoms with Crippen LogP contribution < -0.4 is 0 Å². The van der Waals surface area contributed by atoms with Gasteiger partial charge in [-0.1, -0.05) is 34.6 Å². The molecule has 0 spiro atoms. The second-order valence-electron chi connectivity index (χ2n) is 5.82. The van der Waals surface area contributed by atoms with Gasteiger partial charge in [-0.3, -0.25) is 0 Å². The summed E-state index contributed by atoms with van der Waals surface area (Å²) in [6.07, 6.45) is 0. The molecule has 0 radical (unpaired) electrons. The van der Waals surface area contributed by atoms with Crippen molar-refractivity contribution in [3.05, 3.63) is 52.9 Å². The predicted octanol–water partition coefficient (Wildman–Crippen LogP) is 4.82. The van der Waals surface area contributed by atoms with Crippen LogP contribution in [0, 0.1) is 12.7 Å². The van der Waals surface area contributed by atoms with Crippen molar-refractivity contribution in [3.8, 4) is 22.2 Å². The first-order chi connectivity index (χ1) is 13.2. The Morgan fingerprint density at radius 1 is 1.26 bits per heavy atom. The molecule has 0 fully saturated rings. The number of nitrogens with zero attached hydrogens (tertiary/aromatic N) is 5. The zero-order valence-electron chi connectivity index (χ0n) is 14.7. The first-order valence-corrected chi connectivity index (χ1v) is 10.2. The lowest BCUT2D eigenvalue weighted by Gasteiger charge is -2.04. The summed E-state index contributed by atoms with van der Waals surface area (Å²) in [5.74, 6) is 1.60. The highest BCUT2D eigenvalue weighted by molar-refractivity contribution is 7.98. The smallest absolute Gasteiger partial charge is 0.260 e. The van der Waals surface area contributed by atoms with Gasteiger partial charge in [0.2, 0.25) is 0 Å². The van der Waals surface area contributed by atoms with Crippen molar-refractivity contribution in [2.45, 2.75) is 31.3 Å². The molecular formula is C18H16FN5OS2. The fourth-order valence-corrected chi connectivity index (χ4v) is 4.19. The summed E-state index contributed by atoms with van der Waals surface area (Å²) in [6, 6.07) is 8.82. The summed E-state index contributed by atoms with van der Waals surface area (Å²) < 4.78 is 21.3. The van der Waals surface area contributed by atoms with Crippen LogP contribution in [0.2, 0.25) is 0 Å². The SMILES string of the molecule is CCn1c(SCc2noc(-c3cc(C)ccc3F)n2)nnc1-c1cccs1. The third-order valence-corrected chi connectivity index (χ3v) is 5.75. The van der Waals surface area contributed by atoms with Gasteiger partial charge >= 0.3 is 0 Å². The average molecular weight is 401 g/mol. The van der Waals surface area contributed by atoms with Crippen LogP contribution in [-0.2, 0) is 12.3 Å². The summed E-state index contributed by atoms with van der Waals surface area (Å²) >= 11 is 3.10. The fraction of sp³-hybridized carbons (Fsp3) is 0.222. The molecule has 0 unspecified atom stereocenters. The van der Waals surface area contributed by atoms with Crippen LogP contribution in [0.1, 0.15) is 18.3 Å². The summed E-state index contributed by atoms with van der Waals surface area (Å²) in [7, 11) is 0. The first-order valence-electron chi connectivity index (χ1n) is 8.34. The van der Waals surface area contributed by atoms with Crippen LogP contribution in [0.3, 0.4) is 0 Å². The van der Waals surface area contributed by atoms with E-state index in [1.54, 1.807) is 23.5 Å². The van der Waals surface area contributed by atoms with Gasteiger partial charge in [0.05, 0.1) is 16.2 Å². The Morgan fingerprint density at radius 2 is 2.15 bits per heavy atom. The van der Waals surface area contributed by atoms with E-state index in [-0.39, 0.29) is 11.7 Å². The third kappa shape index (κ3) is 3.65. The van der Waals surface area contributed by atoms with E-state index < -0.39 is 0 Å². The number of hydrogen-bond donors (Lipinski definition) is 0. The molecule has 0 aliphatic rings. The van der Waals surface area contributed by atoms with Crippen molar-refractivity contribution in [2.24, 2.45) is 0 Å². The molecule has 0 N–H and O–H groups in total. The van der Waals surface area contributed by atoms with Crippen LogP contribution in [0.15, 0.2) is 45.4 Å². The van der Waals surface area contributed by atoms with Crippen molar-refractivity contribution in [2.75, 3.05) is 0 Å². The van der Waals surface area contributed by atoms with E-state index in [4.69, 9.17) is 4.52 Å². The number of benzene rings is 1. The molecule has 4 aromatic rings. The molecule has 0 saturated carbocycles. The maximum Gasteiger partial charge on any atom is 0.260 e. The summed E-state index contributed by atoms with van der Waals surface area (Å²) in [5.41, 5.74) is 1.24. The summed E-state index contributed by atoms with van der Waals surface area (Å²) in [5, 5.41) is 15.4. The highest BCUT2D eigenvalue weighted by Crippen LogP contribution is 2.29. The molecule has 0 aliphatic carbocycles. The van der Waals surface area contributed by atoms with Gasteiger partial charge in [0.25, 0.3) is 5.89 Å². The van der Waals surface area contributed by atoms with Crippen LogP contribution in [0.5, 0.6) is 0 Å². The quantitative estimate of drug-likeness (QED) is 0.432. The van der Waals surface area contributed by atoms with E-state index in [9.17, 15) is 4.39 Å². The van der Waals surface area contributed by atoms with Crippen molar-refractivity contribution in [1.82, 2.24) is 24.9 Å². The number of aromatic nitrogens is 5. The Labute approximate surface area is 163 Å². The van der Waals surface area contributed by atoms with Gasteiger partial charge in [-0.15, -0.1) is 21.5 Å². The monoisotopic (exact) mass is 401 g/mol. The largest absolute Gasteiger partial charge is 0.334 e. The molecule has 3 aromatic heterocycles. The second-order valence-corrected chi connectivity index (χ2v) is 7.71. The Hall–Kier alpha value is -2.52. The molecule has 4 rings (SSSR count). The zero-order valence-corrected chi connectivity index (χ0v) is 16.4. The molecule has 6 nitrogen and oxygen atoms in total. The molecule has 0 amide bonds. The Bertz CT molecular complexity index is 1060. The molecular weight excluding hydrogens is 385 g/mol. The zero-order chi connectivity index (χ0) is 18.8. The Balaban J connectivity index is 1.52. The van der Waals surface area contributed by atoms with E-state index >= 15 is 0 Å². The van der Waals surface area contributed by atoms with Gasteiger partial charge in [0.1, 0.15) is 5.82 Å².